The number of amides is 2. The van der Waals surface area contributed by atoms with Crippen LogP contribution in [0.3, 0.4) is 0 Å². The number of hydrogen-bond acceptors (Lipinski definition) is 10. The van der Waals surface area contributed by atoms with Crippen molar-refractivity contribution < 1.29 is 44.7 Å². The minimum atomic E-state index is -2.98. The second kappa shape index (κ2) is 8.15. The van der Waals surface area contributed by atoms with Crippen LogP contribution in [0, 0.1) is 11.8 Å². The average Bonchev–Trinajstić information content (AvgIpc) is 2.76. The standard InChI is InChI=1S/C24H27N3O9/c1-7-11-9(26-8(2)28)5-6-10(29)13(11)18(30)14-12(7)19(31)16-17(27(3)4)20(32)15(23(25)35)22(34)24(16,36)21(14)33/h5-7,12,16-17,19,29,31-33,36H,1-4H3,(H2,25,35)(H,26,28)/t7-,12+,16+,17-,19-,24-/m0/s1. The molecule has 6 atom stereocenters. The second-order valence-electron chi connectivity index (χ2n) is 9.65. The van der Waals surface area contributed by atoms with Gasteiger partial charge in [0.2, 0.25) is 11.7 Å². The van der Waals surface area contributed by atoms with E-state index in [9.17, 15) is 44.7 Å². The Balaban J connectivity index is 2.05. The van der Waals surface area contributed by atoms with Crippen LogP contribution in [0.2, 0.25) is 0 Å². The van der Waals surface area contributed by atoms with E-state index in [4.69, 9.17) is 5.73 Å². The molecule has 0 bridgehead atoms. The third-order valence-corrected chi connectivity index (χ3v) is 7.42. The molecule has 0 spiro atoms. The molecule has 3 aliphatic rings. The van der Waals surface area contributed by atoms with Gasteiger partial charge in [-0.05, 0) is 37.7 Å². The molecule has 0 unspecified atom stereocenters. The monoisotopic (exact) mass is 501 g/mol. The number of nitrogens with two attached hydrogens (primary N) is 1. The van der Waals surface area contributed by atoms with Crippen LogP contribution in [0.5, 0.6) is 5.75 Å². The van der Waals surface area contributed by atoms with Crippen molar-refractivity contribution in [3.05, 3.63) is 45.9 Å². The molecule has 4 rings (SSSR count). The van der Waals surface area contributed by atoms with Crippen LogP contribution in [0.4, 0.5) is 5.69 Å². The van der Waals surface area contributed by atoms with E-state index in [1.807, 2.05) is 0 Å². The highest BCUT2D eigenvalue weighted by Crippen LogP contribution is 2.56. The predicted molar refractivity (Wildman–Crippen MR) is 124 cm³/mol. The zero-order valence-electron chi connectivity index (χ0n) is 19.9. The van der Waals surface area contributed by atoms with Crippen molar-refractivity contribution in [2.75, 3.05) is 19.4 Å². The summed E-state index contributed by atoms with van der Waals surface area (Å²) in [5.74, 6) is -10.3. The zero-order valence-corrected chi connectivity index (χ0v) is 19.9. The fraction of sp³-hybridized carbons (Fsp3) is 0.417. The van der Waals surface area contributed by atoms with E-state index in [1.165, 1.54) is 38.1 Å². The van der Waals surface area contributed by atoms with Gasteiger partial charge in [-0.25, -0.2) is 0 Å². The second-order valence-corrected chi connectivity index (χ2v) is 9.65. The van der Waals surface area contributed by atoms with Gasteiger partial charge in [0.1, 0.15) is 22.8 Å². The van der Waals surface area contributed by atoms with Gasteiger partial charge in [-0.1, -0.05) is 6.92 Å². The van der Waals surface area contributed by atoms with E-state index in [2.05, 4.69) is 5.32 Å². The molecule has 0 aliphatic heterocycles. The van der Waals surface area contributed by atoms with Crippen LogP contribution in [0.25, 0.3) is 0 Å². The molecular weight excluding hydrogens is 474 g/mol. The summed E-state index contributed by atoms with van der Waals surface area (Å²) in [4.78, 5) is 52.1. The number of nitrogens with zero attached hydrogens (tertiary/aromatic N) is 1. The maximum absolute atomic E-state index is 13.6. The summed E-state index contributed by atoms with van der Waals surface area (Å²) in [7, 11) is 2.91. The number of aromatic hydroxyl groups is 1. The molecule has 0 aromatic heterocycles. The smallest absolute Gasteiger partial charge is 0.255 e. The lowest BCUT2D eigenvalue weighted by atomic mass is 9.55. The maximum Gasteiger partial charge on any atom is 0.255 e. The Labute approximate surface area is 205 Å². The van der Waals surface area contributed by atoms with Crippen molar-refractivity contribution in [1.82, 2.24) is 4.90 Å². The summed E-state index contributed by atoms with van der Waals surface area (Å²) < 4.78 is 0. The number of anilines is 1. The minimum absolute atomic E-state index is 0.197. The Hall–Kier alpha value is -3.74. The molecule has 0 saturated heterocycles. The number of aliphatic hydroxyl groups is 4. The fourth-order valence-corrected chi connectivity index (χ4v) is 6.00. The molecule has 0 radical (unpaired) electrons. The van der Waals surface area contributed by atoms with Gasteiger partial charge >= 0.3 is 0 Å². The highest BCUT2D eigenvalue weighted by atomic mass is 16.4. The maximum atomic E-state index is 13.6. The molecule has 12 heteroatoms. The molecule has 2 amide bonds. The number of phenolic OH excluding ortho intramolecular Hbond substituents is 1. The van der Waals surface area contributed by atoms with Gasteiger partial charge in [-0.3, -0.25) is 24.1 Å². The SMILES string of the molecule is CC(=O)Nc1ccc(O)c2c1[C@H](C)[C@@H]1C(=C(O)[C@]3(O)C(=O)C(C(N)=O)=C(O)[C@@H](N(C)C)[C@@H]3[C@H]1O)C2=O. The number of hydrogen-bond donors (Lipinski definition) is 7. The van der Waals surface area contributed by atoms with Gasteiger partial charge in [-0.2, -0.15) is 0 Å². The van der Waals surface area contributed by atoms with Gasteiger partial charge < -0.3 is 36.6 Å². The van der Waals surface area contributed by atoms with Crippen LogP contribution in [-0.4, -0.2) is 85.7 Å². The minimum Gasteiger partial charge on any atom is -0.510 e. The molecule has 3 aliphatic carbocycles. The summed E-state index contributed by atoms with van der Waals surface area (Å²) in [6, 6.07) is 1.21. The number of benzene rings is 1. The number of rotatable bonds is 3. The van der Waals surface area contributed by atoms with Crippen LogP contribution in [0.15, 0.2) is 34.8 Å². The van der Waals surface area contributed by atoms with Crippen LogP contribution in [-0.2, 0) is 14.4 Å². The highest BCUT2D eigenvalue weighted by molar-refractivity contribution is 6.25. The lowest BCUT2D eigenvalue weighted by Gasteiger charge is -2.53. The van der Waals surface area contributed by atoms with E-state index in [0.717, 1.165) is 0 Å². The molecule has 1 aromatic carbocycles. The molecule has 1 aromatic rings. The summed E-state index contributed by atoms with van der Waals surface area (Å²) in [5, 5.41) is 58.4. The zero-order chi connectivity index (χ0) is 27.0. The molecule has 12 nitrogen and oxygen atoms in total. The summed E-state index contributed by atoms with van der Waals surface area (Å²) in [6.07, 6.45) is -1.71. The number of carbonyl (C=O) groups is 4. The first-order valence-electron chi connectivity index (χ1n) is 11.1. The van der Waals surface area contributed by atoms with Crippen LogP contribution in [0.1, 0.15) is 35.7 Å². The summed E-state index contributed by atoms with van der Waals surface area (Å²) in [6.45, 7) is 2.84. The first-order valence-corrected chi connectivity index (χ1v) is 11.1. The number of Topliss-reactive ketones (excluding diaryl/α,β-unsaturated/α-hetero) is 2. The first-order chi connectivity index (χ1) is 16.7. The van der Waals surface area contributed by atoms with E-state index in [0.29, 0.717) is 0 Å². The normalized spacial score (nSPS) is 31.7. The number of ketones is 2. The quantitative estimate of drug-likeness (QED) is 0.211. The third-order valence-electron chi connectivity index (χ3n) is 7.42. The number of likely N-dealkylation sites (N-methyl/N-ethyl adjacent to an activating group) is 1. The van der Waals surface area contributed by atoms with Crippen molar-refractivity contribution in [3.63, 3.8) is 0 Å². The number of nitrogens with one attached hydrogen (secondary N) is 1. The number of primary amides is 1. The lowest BCUT2D eigenvalue weighted by Crippen LogP contribution is -2.68. The van der Waals surface area contributed by atoms with E-state index >= 15 is 0 Å². The molecule has 0 saturated carbocycles. The highest BCUT2D eigenvalue weighted by Gasteiger charge is 2.67. The number of phenols is 1. The fourth-order valence-electron chi connectivity index (χ4n) is 6.00. The molecule has 36 heavy (non-hydrogen) atoms. The molecule has 192 valence electrons. The van der Waals surface area contributed by atoms with Gasteiger partial charge in [-0.15, -0.1) is 0 Å². The number of fused-ring (bicyclic) bond motifs is 3. The Bertz CT molecular complexity index is 1300. The van der Waals surface area contributed by atoms with Crippen molar-refractivity contribution in [2.24, 2.45) is 17.6 Å². The largest absolute Gasteiger partial charge is 0.510 e. The van der Waals surface area contributed by atoms with Crippen molar-refractivity contribution in [2.45, 2.75) is 37.5 Å². The van der Waals surface area contributed by atoms with Gasteiger partial charge in [0.05, 0.1) is 23.6 Å². The lowest BCUT2D eigenvalue weighted by molar-refractivity contribution is -0.162. The van der Waals surface area contributed by atoms with E-state index in [1.54, 1.807) is 6.92 Å². The molecule has 0 heterocycles. The summed E-state index contributed by atoms with van der Waals surface area (Å²) >= 11 is 0. The number of aliphatic hydroxyl groups excluding tert-OH is 3. The molecular formula is C24H27N3O9. The van der Waals surface area contributed by atoms with Crippen LogP contribution >= 0.6 is 0 Å². The Morgan fingerprint density at radius 1 is 1.14 bits per heavy atom. The molecule has 8 N–H and O–H groups in total. The van der Waals surface area contributed by atoms with Crippen LogP contribution < -0.4 is 11.1 Å². The third kappa shape index (κ3) is 3.11. The van der Waals surface area contributed by atoms with Crippen molar-refractivity contribution in [3.8, 4) is 5.75 Å². The van der Waals surface area contributed by atoms with E-state index < -0.39 is 87.3 Å². The Morgan fingerprint density at radius 2 is 1.75 bits per heavy atom. The van der Waals surface area contributed by atoms with E-state index in [-0.39, 0.29) is 16.8 Å². The molecule has 0 fully saturated rings. The average molecular weight is 501 g/mol. The van der Waals surface area contributed by atoms with Gasteiger partial charge in [0.25, 0.3) is 5.91 Å². The Morgan fingerprint density at radius 3 is 2.28 bits per heavy atom. The predicted octanol–water partition coefficient (Wildman–Crippen LogP) is -0.389. The topological polar surface area (TPSA) is 211 Å². The first kappa shape index (κ1) is 25.4. The Kier molecular flexibility index (Phi) is 5.74. The van der Waals surface area contributed by atoms with Crippen molar-refractivity contribution >= 4 is 29.1 Å². The van der Waals surface area contributed by atoms with Gasteiger partial charge in [0.15, 0.2) is 11.4 Å². The van der Waals surface area contributed by atoms with Crippen molar-refractivity contribution in [1.29, 1.82) is 0 Å². The van der Waals surface area contributed by atoms with Gasteiger partial charge in [0, 0.05) is 24.1 Å². The summed E-state index contributed by atoms with van der Waals surface area (Å²) in [5.41, 5.74) is 0.951. The number of carbonyl (C=O) groups excluding carboxylic acids is 4.